The predicted octanol–water partition coefficient (Wildman–Crippen LogP) is 5.10. The van der Waals surface area contributed by atoms with Gasteiger partial charge in [-0.3, -0.25) is 4.90 Å². The molecule has 8 nitrogen and oxygen atoms in total. The summed E-state index contributed by atoms with van der Waals surface area (Å²) in [7, 11) is 0. The summed E-state index contributed by atoms with van der Waals surface area (Å²) in [6.45, 7) is 2.92. The van der Waals surface area contributed by atoms with Crippen molar-refractivity contribution in [3.8, 4) is 6.07 Å². The lowest BCUT2D eigenvalue weighted by atomic mass is 9.70. The summed E-state index contributed by atoms with van der Waals surface area (Å²) >= 11 is 0. The Hall–Kier alpha value is -3.68. The van der Waals surface area contributed by atoms with Crippen LogP contribution in [0.15, 0.2) is 36.9 Å². The third-order valence-electron chi connectivity index (χ3n) is 6.35. The van der Waals surface area contributed by atoms with E-state index >= 15 is 0 Å². The fraction of sp³-hybridized carbons (Fsp3) is 0.435. The predicted molar refractivity (Wildman–Crippen MR) is 117 cm³/mol. The van der Waals surface area contributed by atoms with E-state index in [1.165, 1.54) is 0 Å². The van der Waals surface area contributed by atoms with Gasteiger partial charge in [0.25, 0.3) is 0 Å². The molecule has 2 atom stereocenters. The highest BCUT2D eigenvalue weighted by atomic mass is 19.4. The number of anilines is 1. The number of halogens is 3. The molecule has 1 amide bonds. The Bertz CT molecular complexity index is 1230. The van der Waals surface area contributed by atoms with E-state index in [9.17, 15) is 28.3 Å². The van der Waals surface area contributed by atoms with Gasteiger partial charge in [-0.15, -0.1) is 0 Å². The van der Waals surface area contributed by atoms with E-state index in [1.807, 2.05) is 10.6 Å². The second-order valence-corrected chi connectivity index (χ2v) is 9.11. The maximum Gasteiger partial charge on any atom is 0.434 e. The monoisotopic (exact) mass is 472 g/mol. The van der Waals surface area contributed by atoms with Gasteiger partial charge in [-0.25, -0.2) is 19.7 Å². The van der Waals surface area contributed by atoms with Crippen LogP contribution in [0.3, 0.4) is 0 Å². The van der Waals surface area contributed by atoms with Gasteiger partial charge in [-0.2, -0.15) is 18.4 Å². The lowest BCUT2D eigenvalue weighted by molar-refractivity contribution is -0.141. The van der Waals surface area contributed by atoms with Gasteiger partial charge < -0.3 is 9.67 Å². The molecule has 178 valence electrons. The molecule has 2 unspecified atom stereocenters. The first-order valence-corrected chi connectivity index (χ1v) is 10.8. The molecule has 2 heterocycles. The van der Waals surface area contributed by atoms with Crippen molar-refractivity contribution in [2.24, 2.45) is 11.3 Å². The summed E-state index contributed by atoms with van der Waals surface area (Å²) in [4.78, 5) is 24.3. The van der Waals surface area contributed by atoms with Crippen LogP contribution in [0.25, 0.3) is 11.0 Å². The molecule has 0 bridgehead atoms. The van der Waals surface area contributed by atoms with E-state index in [0.29, 0.717) is 18.3 Å². The summed E-state index contributed by atoms with van der Waals surface area (Å²) < 4.78 is 40.4. The van der Waals surface area contributed by atoms with Crippen molar-refractivity contribution in [3.05, 3.63) is 48.2 Å². The standard InChI is InChI=1S/C23H23F3N6O2/c1-22(13-31-14-30-17-5-4-15(9-27)7-18(17)31)6-2-3-16(8-22)12-32(21(33)34)20-11-28-19(10-29-20)23(24,25)26/h4-5,7,10-11,14,16H,2-3,6,8,12-13H2,1H3,(H,33,34). The zero-order chi connectivity index (χ0) is 24.5. The van der Waals surface area contributed by atoms with E-state index in [0.717, 1.165) is 47.8 Å². The van der Waals surface area contributed by atoms with Crippen molar-refractivity contribution >= 4 is 22.9 Å². The van der Waals surface area contributed by atoms with E-state index in [4.69, 9.17) is 0 Å². The normalized spacial score (nSPS) is 20.7. The summed E-state index contributed by atoms with van der Waals surface area (Å²) in [5.74, 6) is -0.124. The van der Waals surface area contributed by atoms with Crippen molar-refractivity contribution in [3.63, 3.8) is 0 Å². The molecule has 0 spiro atoms. The average molecular weight is 472 g/mol. The molecule has 1 aromatic carbocycles. The molecule has 1 saturated carbocycles. The molecule has 2 aromatic heterocycles. The zero-order valence-electron chi connectivity index (χ0n) is 18.5. The fourth-order valence-corrected chi connectivity index (χ4v) is 4.82. The molecule has 11 heteroatoms. The Kier molecular flexibility index (Phi) is 6.17. The quantitative estimate of drug-likeness (QED) is 0.554. The van der Waals surface area contributed by atoms with Crippen LogP contribution in [0.1, 0.15) is 43.9 Å². The summed E-state index contributed by atoms with van der Waals surface area (Å²) in [5, 5.41) is 18.9. The molecule has 1 aliphatic rings. The lowest BCUT2D eigenvalue weighted by Crippen LogP contribution is -2.39. The maximum atomic E-state index is 12.8. The van der Waals surface area contributed by atoms with Gasteiger partial charge in [-0.05, 0) is 48.8 Å². The number of alkyl halides is 3. The minimum absolute atomic E-state index is 0.00315. The number of amides is 1. The second-order valence-electron chi connectivity index (χ2n) is 9.11. The van der Waals surface area contributed by atoms with Crippen LogP contribution in [0.4, 0.5) is 23.8 Å². The van der Waals surface area contributed by atoms with Crippen LogP contribution in [0, 0.1) is 22.7 Å². The Morgan fingerprint density at radius 2 is 2.12 bits per heavy atom. The number of rotatable bonds is 5. The highest BCUT2D eigenvalue weighted by molar-refractivity contribution is 5.84. The van der Waals surface area contributed by atoms with Gasteiger partial charge in [0.2, 0.25) is 0 Å². The molecule has 34 heavy (non-hydrogen) atoms. The number of hydrogen-bond donors (Lipinski definition) is 1. The maximum absolute atomic E-state index is 12.8. The first-order valence-electron chi connectivity index (χ1n) is 10.8. The van der Waals surface area contributed by atoms with Crippen LogP contribution < -0.4 is 4.90 Å². The molecule has 3 aromatic rings. The lowest BCUT2D eigenvalue weighted by Gasteiger charge is -2.39. The molecule has 0 radical (unpaired) electrons. The van der Waals surface area contributed by atoms with Gasteiger partial charge in [0.05, 0.1) is 41.4 Å². The van der Waals surface area contributed by atoms with Crippen molar-refractivity contribution < 1.29 is 23.1 Å². The summed E-state index contributed by atoms with van der Waals surface area (Å²) in [5.41, 5.74) is 0.909. The van der Waals surface area contributed by atoms with Gasteiger partial charge in [-0.1, -0.05) is 13.3 Å². The van der Waals surface area contributed by atoms with E-state index in [1.54, 1.807) is 18.5 Å². The summed E-state index contributed by atoms with van der Waals surface area (Å²) in [6, 6.07) is 7.48. The molecular weight excluding hydrogens is 449 g/mol. The SMILES string of the molecule is CC1(Cn2cnc3ccc(C#N)cc32)CCCC(CN(C(=O)O)c2cnc(C(F)(F)F)cn2)C1. The van der Waals surface area contributed by atoms with Crippen LogP contribution in [0.2, 0.25) is 0 Å². The van der Waals surface area contributed by atoms with Crippen molar-refractivity contribution in [2.75, 3.05) is 11.4 Å². The number of fused-ring (bicyclic) bond motifs is 1. The van der Waals surface area contributed by atoms with E-state index in [-0.39, 0.29) is 23.7 Å². The van der Waals surface area contributed by atoms with Crippen LogP contribution in [0.5, 0.6) is 0 Å². The first kappa shape index (κ1) is 23.5. The number of imidazole rings is 1. The minimum Gasteiger partial charge on any atom is -0.465 e. The Morgan fingerprint density at radius 3 is 2.76 bits per heavy atom. The van der Waals surface area contributed by atoms with Crippen LogP contribution >= 0.6 is 0 Å². The third kappa shape index (κ3) is 4.95. The average Bonchev–Trinajstić information content (AvgIpc) is 3.18. The second kappa shape index (κ2) is 8.93. The third-order valence-corrected chi connectivity index (χ3v) is 6.35. The summed E-state index contributed by atoms with van der Waals surface area (Å²) in [6.07, 6.45) is 0.583. The molecule has 0 aliphatic heterocycles. The number of benzene rings is 1. The van der Waals surface area contributed by atoms with Gasteiger partial charge in [0.1, 0.15) is 0 Å². The number of hydrogen-bond acceptors (Lipinski definition) is 5. The number of nitriles is 1. The minimum atomic E-state index is -4.64. The molecule has 1 fully saturated rings. The Labute approximate surface area is 193 Å². The molecule has 1 N–H and O–H groups in total. The Balaban J connectivity index is 1.50. The van der Waals surface area contributed by atoms with E-state index in [2.05, 4.69) is 27.9 Å². The largest absolute Gasteiger partial charge is 0.465 e. The number of aromatic nitrogens is 4. The van der Waals surface area contributed by atoms with Crippen molar-refractivity contribution in [2.45, 2.75) is 45.3 Å². The van der Waals surface area contributed by atoms with Crippen molar-refractivity contribution in [1.82, 2.24) is 19.5 Å². The fourth-order valence-electron chi connectivity index (χ4n) is 4.82. The van der Waals surface area contributed by atoms with E-state index < -0.39 is 18.0 Å². The molecule has 4 rings (SSSR count). The van der Waals surface area contributed by atoms with Gasteiger partial charge >= 0.3 is 12.3 Å². The van der Waals surface area contributed by atoms with Gasteiger partial charge in [0, 0.05) is 13.1 Å². The van der Waals surface area contributed by atoms with Crippen molar-refractivity contribution in [1.29, 1.82) is 5.26 Å². The van der Waals surface area contributed by atoms with Gasteiger partial charge in [0.15, 0.2) is 11.5 Å². The Morgan fingerprint density at radius 1 is 1.32 bits per heavy atom. The number of carboxylic acid groups (broad SMARTS) is 1. The molecule has 1 aliphatic carbocycles. The highest BCUT2D eigenvalue weighted by Crippen LogP contribution is 2.41. The van der Waals surface area contributed by atoms with Crippen LogP contribution in [-0.2, 0) is 12.7 Å². The number of carbonyl (C=O) groups is 1. The zero-order valence-corrected chi connectivity index (χ0v) is 18.5. The van der Waals surface area contributed by atoms with Crippen LogP contribution in [-0.4, -0.2) is 37.3 Å². The molecular formula is C23H23F3N6O2. The number of nitrogens with zero attached hydrogens (tertiary/aromatic N) is 6. The topological polar surface area (TPSA) is 108 Å². The first-order chi connectivity index (χ1) is 16.1. The molecule has 0 saturated heterocycles. The smallest absolute Gasteiger partial charge is 0.434 e. The highest BCUT2D eigenvalue weighted by Gasteiger charge is 2.36.